The van der Waals surface area contributed by atoms with Crippen molar-refractivity contribution in [3.8, 4) is 5.75 Å². The van der Waals surface area contributed by atoms with Gasteiger partial charge in [0, 0.05) is 19.2 Å². The molecular weight excluding hydrogens is 252 g/mol. The molecule has 0 bridgehead atoms. The van der Waals surface area contributed by atoms with Gasteiger partial charge in [0.1, 0.15) is 5.75 Å². The number of hydrogen-bond donors (Lipinski definition) is 1. The molecule has 1 unspecified atom stereocenters. The van der Waals surface area contributed by atoms with Crippen LogP contribution in [0.5, 0.6) is 5.75 Å². The number of carbonyl (C=O) groups excluding carboxylic acids is 1. The molecule has 0 heterocycles. The Hall–Kier alpha value is -1.26. The van der Waals surface area contributed by atoms with E-state index in [0.717, 1.165) is 11.3 Å². The largest absolute Gasteiger partial charge is 0.494 e. The van der Waals surface area contributed by atoms with Crippen molar-refractivity contribution >= 4 is 18.3 Å². The zero-order valence-corrected chi connectivity index (χ0v) is 11.9. The van der Waals surface area contributed by atoms with Crippen LogP contribution < -0.4 is 10.5 Å². The standard InChI is InChI=1S/C13H20N2O2.ClH/c1-4-17-12-8-6-5-7-11(12)9-15(3)13(16)10(2)14;/h5-8,10H,4,9,14H2,1-3H3;1H. The number of halogens is 1. The summed E-state index contributed by atoms with van der Waals surface area (Å²) in [5, 5.41) is 0. The number of nitrogens with two attached hydrogens (primary N) is 1. The van der Waals surface area contributed by atoms with Gasteiger partial charge in [-0.2, -0.15) is 0 Å². The van der Waals surface area contributed by atoms with Gasteiger partial charge in [-0.3, -0.25) is 4.79 Å². The summed E-state index contributed by atoms with van der Waals surface area (Å²) in [7, 11) is 1.74. The van der Waals surface area contributed by atoms with Crippen LogP contribution in [-0.4, -0.2) is 30.5 Å². The summed E-state index contributed by atoms with van der Waals surface area (Å²) in [5.74, 6) is 0.746. The number of hydrogen-bond acceptors (Lipinski definition) is 3. The van der Waals surface area contributed by atoms with Crippen molar-refractivity contribution in [1.29, 1.82) is 0 Å². The van der Waals surface area contributed by atoms with E-state index >= 15 is 0 Å². The van der Waals surface area contributed by atoms with E-state index in [-0.39, 0.29) is 18.3 Å². The van der Waals surface area contributed by atoms with Crippen molar-refractivity contribution in [2.45, 2.75) is 26.4 Å². The molecule has 4 nitrogen and oxygen atoms in total. The van der Waals surface area contributed by atoms with E-state index in [2.05, 4.69) is 0 Å². The molecule has 1 aromatic carbocycles. The highest BCUT2D eigenvalue weighted by Crippen LogP contribution is 2.19. The molecule has 0 fully saturated rings. The quantitative estimate of drug-likeness (QED) is 0.889. The molecule has 102 valence electrons. The Balaban J connectivity index is 0.00000289. The summed E-state index contributed by atoms with van der Waals surface area (Å²) in [6, 6.07) is 7.24. The van der Waals surface area contributed by atoms with Gasteiger partial charge in [0.15, 0.2) is 0 Å². The molecule has 0 saturated heterocycles. The lowest BCUT2D eigenvalue weighted by Gasteiger charge is -2.20. The Morgan fingerprint density at radius 3 is 2.61 bits per heavy atom. The van der Waals surface area contributed by atoms with E-state index in [1.807, 2.05) is 31.2 Å². The van der Waals surface area contributed by atoms with Crippen molar-refractivity contribution in [2.24, 2.45) is 5.73 Å². The first-order valence-corrected chi connectivity index (χ1v) is 5.77. The minimum atomic E-state index is -0.473. The van der Waals surface area contributed by atoms with E-state index in [0.29, 0.717) is 13.2 Å². The lowest BCUT2D eigenvalue weighted by Crippen LogP contribution is -2.39. The molecule has 0 radical (unpaired) electrons. The second-order valence-corrected chi connectivity index (χ2v) is 4.02. The highest BCUT2D eigenvalue weighted by atomic mass is 35.5. The van der Waals surface area contributed by atoms with Gasteiger partial charge < -0.3 is 15.4 Å². The van der Waals surface area contributed by atoms with Crippen LogP contribution in [0.25, 0.3) is 0 Å². The van der Waals surface area contributed by atoms with Gasteiger partial charge in [-0.05, 0) is 19.9 Å². The predicted molar refractivity (Wildman–Crippen MR) is 75.0 cm³/mol. The van der Waals surface area contributed by atoms with Crippen molar-refractivity contribution in [3.05, 3.63) is 29.8 Å². The number of likely N-dealkylation sites (N-methyl/N-ethyl adjacent to an activating group) is 1. The summed E-state index contributed by atoms with van der Waals surface area (Å²) in [5.41, 5.74) is 6.56. The Morgan fingerprint density at radius 2 is 2.06 bits per heavy atom. The maximum atomic E-state index is 11.7. The zero-order valence-electron chi connectivity index (χ0n) is 11.1. The predicted octanol–water partition coefficient (Wildman–Crippen LogP) is 1.81. The maximum absolute atomic E-state index is 11.7. The molecule has 1 atom stereocenters. The SMILES string of the molecule is CCOc1ccccc1CN(C)C(=O)C(C)N.Cl. The third-order valence-electron chi connectivity index (χ3n) is 2.45. The van der Waals surface area contributed by atoms with Crippen LogP contribution in [0.15, 0.2) is 24.3 Å². The number of amides is 1. The highest BCUT2D eigenvalue weighted by Gasteiger charge is 2.15. The van der Waals surface area contributed by atoms with Crippen molar-refractivity contribution < 1.29 is 9.53 Å². The minimum Gasteiger partial charge on any atom is -0.494 e. The molecule has 0 saturated carbocycles. The van der Waals surface area contributed by atoms with Gasteiger partial charge in [-0.1, -0.05) is 18.2 Å². The Kier molecular flexibility index (Phi) is 7.39. The van der Waals surface area contributed by atoms with E-state index in [1.54, 1.807) is 18.9 Å². The number of rotatable bonds is 5. The summed E-state index contributed by atoms with van der Waals surface area (Å²) in [6.45, 7) is 4.75. The highest BCUT2D eigenvalue weighted by molar-refractivity contribution is 5.85. The molecule has 1 amide bonds. The maximum Gasteiger partial charge on any atom is 0.239 e. The van der Waals surface area contributed by atoms with Crippen LogP contribution in [0.3, 0.4) is 0 Å². The average Bonchev–Trinajstić information content (AvgIpc) is 2.30. The topological polar surface area (TPSA) is 55.6 Å². The van der Waals surface area contributed by atoms with Crippen LogP contribution in [0.4, 0.5) is 0 Å². The second kappa shape index (κ2) is 7.95. The van der Waals surface area contributed by atoms with Crippen molar-refractivity contribution in [1.82, 2.24) is 4.90 Å². The number of nitrogens with zero attached hydrogens (tertiary/aromatic N) is 1. The van der Waals surface area contributed by atoms with Crippen molar-refractivity contribution in [2.75, 3.05) is 13.7 Å². The molecule has 0 aliphatic rings. The summed E-state index contributed by atoms with van der Waals surface area (Å²) in [6.07, 6.45) is 0. The summed E-state index contributed by atoms with van der Waals surface area (Å²) < 4.78 is 5.51. The fourth-order valence-corrected chi connectivity index (χ4v) is 1.61. The summed E-state index contributed by atoms with van der Waals surface area (Å²) in [4.78, 5) is 13.3. The zero-order chi connectivity index (χ0) is 12.8. The van der Waals surface area contributed by atoms with Crippen LogP contribution in [0.2, 0.25) is 0 Å². The first-order chi connectivity index (χ1) is 8.06. The molecule has 0 spiro atoms. The molecular formula is C13H21ClN2O2. The molecule has 0 aromatic heterocycles. The van der Waals surface area contributed by atoms with Gasteiger partial charge >= 0.3 is 0 Å². The van der Waals surface area contributed by atoms with E-state index in [9.17, 15) is 4.79 Å². The van der Waals surface area contributed by atoms with E-state index in [1.165, 1.54) is 0 Å². The first-order valence-electron chi connectivity index (χ1n) is 5.77. The van der Waals surface area contributed by atoms with Crippen molar-refractivity contribution in [3.63, 3.8) is 0 Å². The molecule has 0 aliphatic heterocycles. The Labute approximate surface area is 115 Å². The van der Waals surface area contributed by atoms with Crippen LogP contribution in [0.1, 0.15) is 19.4 Å². The lowest BCUT2D eigenvalue weighted by atomic mass is 10.2. The second-order valence-electron chi connectivity index (χ2n) is 4.02. The van der Waals surface area contributed by atoms with Crippen LogP contribution >= 0.6 is 12.4 Å². The fourth-order valence-electron chi connectivity index (χ4n) is 1.61. The van der Waals surface area contributed by atoms with Gasteiger partial charge in [-0.25, -0.2) is 0 Å². The normalized spacial score (nSPS) is 11.3. The minimum absolute atomic E-state index is 0. The van der Waals surface area contributed by atoms with Gasteiger partial charge in [0.2, 0.25) is 5.91 Å². The number of benzene rings is 1. The molecule has 2 N–H and O–H groups in total. The fraction of sp³-hybridized carbons (Fsp3) is 0.462. The average molecular weight is 273 g/mol. The van der Waals surface area contributed by atoms with E-state index < -0.39 is 6.04 Å². The molecule has 1 aromatic rings. The van der Waals surface area contributed by atoms with E-state index in [4.69, 9.17) is 10.5 Å². The van der Waals surface area contributed by atoms with Gasteiger partial charge in [0.05, 0.1) is 12.6 Å². The molecule has 18 heavy (non-hydrogen) atoms. The Morgan fingerprint density at radius 1 is 1.44 bits per heavy atom. The van der Waals surface area contributed by atoms with Gasteiger partial charge in [0.25, 0.3) is 0 Å². The number of para-hydroxylation sites is 1. The molecule has 1 rings (SSSR count). The third-order valence-corrected chi connectivity index (χ3v) is 2.45. The third kappa shape index (κ3) is 4.55. The first kappa shape index (κ1) is 16.7. The number of carbonyl (C=O) groups is 1. The Bertz CT molecular complexity index is 383. The van der Waals surface area contributed by atoms with Crippen LogP contribution in [0, 0.1) is 0 Å². The smallest absolute Gasteiger partial charge is 0.239 e. The molecule has 0 aliphatic carbocycles. The number of ether oxygens (including phenoxy) is 1. The van der Waals surface area contributed by atoms with Crippen LogP contribution in [-0.2, 0) is 11.3 Å². The molecule has 5 heteroatoms. The summed E-state index contributed by atoms with van der Waals surface area (Å²) >= 11 is 0. The lowest BCUT2D eigenvalue weighted by molar-refractivity contribution is -0.131. The van der Waals surface area contributed by atoms with Gasteiger partial charge in [-0.15, -0.1) is 12.4 Å². The monoisotopic (exact) mass is 272 g/mol.